The van der Waals surface area contributed by atoms with Gasteiger partial charge in [-0.3, -0.25) is 9.48 Å². The molecule has 0 spiro atoms. The highest BCUT2D eigenvalue weighted by Crippen LogP contribution is 1.89. The molecule has 7 nitrogen and oxygen atoms in total. The second kappa shape index (κ2) is 7.75. The summed E-state index contributed by atoms with van der Waals surface area (Å²) in [7, 11) is 1.59. The van der Waals surface area contributed by atoms with Gasteiger partial charge in [-0.2, -0.15) is 5.10 Å². The smallest absolute Gasteiger partial charge is 0.246 e. The molecule has 96 valence electrons. The lowest BCUT2D eigenvalue weighted by Gasteiger charge is -2.13. The van der Waals surface area contributed by atoms with Gasteiger partial charge in [-0.1, -0.05) is 0 Å². The average molecular weight is 242 g/mol. The minimum Gasteiger partial charge on any atom is -0.382 e. The Labute approximate surface area is 100 Å². The number of carbonyl (C=O) groups excluding carboxylic acids is 1. The first-order valence-electron chi connectivity index (χ1n) is 5.41. The van der Waals surface area contributed by atoms with Crippen molar-refractivity contribution in [3.8, 4) is 0 Å². The molecule has 0 aliphatic carbocycles. The molecule has 0 fully saturated rings. The molecule has 1 unspecified atom stereocenters. The number of nitrogens with one attached hydrogen (secondary N) is 1. The van der Waals surface area contributed by atoms with E-state index in [1.54, 1.807) is 18.1 Å². The minimum atomic E-state index is -0.145. The molecule has 0 aliphatic heterocycles. The monoisotopic (exact) mass is 242 g/mol. The Morgan fingerprint density at radius 2 is 2.35 bits per heavy atom. The van der Waals surface area contributed by atoms with Gasteiger partial charge in [0.1, 0.15) is 19.3 Å². The zero-order valence-corrected chi connectivity index (χ0v) is 10.1. The molecular weight excluding hydrogens is 224 g/mol. The summed E-state index contributed by atoms with van der Waals surface area (Å²) in [6.07, 6.45) is 3.07. The number of amides is 1. The van der Waals surface area contributed by atoms with Gasteiger partial charge in [0.25, 0.3) is 0 Å². The first-order chi connectivity index (χ1) is 8.22. The fourth-order valence-electron chi connectivity index (χ4n) is 1.28. The SMILES string of the molecule is COCCOCC(=O)NC(C)Cn1cncn1. The lowest BCUT2D eigenvalue weighted by molar-refractivity contribution is -0.126. The Morgan fingerprint density at radius 1 is 1.53 bits per heavy atom. The van der Waals surface area contributed by atoms with Crippen LogP contribution in [0.1, 0.15) is 6.92 Å². The largest absolute Gasteiger partial charge is 0.382 e. The average Bonchev–Trinajstić information content (AvgIpc) is 2.77. The van der Waals surface area contributed by atoms with E-state index < -0.39 is 0 Å². The summed E-state index contributed by atoms with van der Waals surface area (Å²) in [5.74, 6) is -0.145. The van der Waals surface area contributed by atoms with Gasteiger partial charge in [0, 0.05) is 13.2 Å². The standard InChI is InChI=1S/C10H18N4O3/c1-9(5-14-8-11-7-12-14)13-10(15)6-17-4-3-16-2/h7-9H,3-6H2,1-2H3,(H,13,15). The third-order valence-electron chi connectivity index (χ3n) is 2.00. The lowest BCUT2D eigenvalue weighted by Crippen LogP contribution is -2.38. The molecule has 0 bridgehead atoms. The maximum atomic E-state index is 11.4. The number of carbonyl (C=O) groups is 1. The highest BCUT2D eigenvalue weighted by molar-refractivity contribution is 5.77. The summed E-state index contributed by atoms with van der Waals surface area (Å²) >= 11 is 0. The molecule has 7 heteroatoms. The van der Waals surface area contributed by atoms with E-state index in [1.165, 1.54) is 6.33 Å². The fourth-order valence-corrected chi connectivity index (χ4v) is 1.28. The van der Waals surface area contributed by atoms with Crippen LogP contribution >= 0.6 is 0 Å². The topological polar surface area (TPSA) is 78.3 Å². The van der Waals surface area contributed by atoms with E-state index in [-0.39, 0.29) is 18.6 Å². The zero-order valence-electron chi connectivity index (χ0n) is 10.1. The molecule has 0 radical (unpaired) electrons. The van der Waals surface area contributed by atoms with Gasteiger partial charge in [-0.05, 0) is 6.92 Å². The maximum absolute atomic E-state index is 11.4. The summed E-state index contributed by atoms with van der Waals surface area (Å²) in [5, 5.41) is 6.76. The quantitative estimate of drug-likeness (QED) is 0.619. The van der Waals surface area contributed by atoms with Crippen LogP contribution in [0.2, 0.25) is 0 Å². The molecule has 0 saturated heterocycles. The highest BCUT2D eigenvalue weighted by Gasteiger charge is 2.08. The summed E-state index contributed by atoms with van der Waals surface area (Å²) in [6, 6.07) is -0.0183. The molecule has 1 amide bonds. The van der Waals surface area contributed by atoms with E-state index >= 15 is 0 Å². The molecule has 1 rings (SSSR count). The van der Waals surface area contributed by atoms with Crippen molar-refractivity contribution in [2.45, 2.75) is 19.5 Å². The molecular formula is C10H18N4O3. The van der Waals surface area contributed by atoms with E-state index in [0.717, 1.165) is 0 Å². The molecule has 1 aromatic rings. The van der Waals surface area contributed by atoms with Crippen LogP contribution in [0.15, 0.2) is 12.7 Å². The van der Waals surface area contributed by atoms with Crippen molar-refractivity contribution in [3.05, 3.63) is 12.7 Å². The van der Waals surface area contributed by atoms with E-state index in [9.17, 15) is 4.79 Å². The van der Waals surface area contributed by atoms with Crippen LogP contribution in [0, 0.1) is 0 Å². The summed E-state index contributed by atoms with van der Waals surface area (Å²) < 4.78 is 11.6. The van der Waals surface area contributed by atoms with Crippen molar-refractivity contribution < 1.29 is 14.3 Å². The van der Waals surface area contributed by atoms with Crippen LogP contribution in [0.5, 0.6) is 0 Å². The van der Waals surface area contributed by atoms with Gasteiger partial charge in [0.15, 0.2) is 0 Å². The predicted molar refractivity (Wildman–Crippen MR) is 60.3 cm³/mol. The lowest BCUT2D eigenvalue weighted by atomic mass is 10.3. The Balaban J connectivity index is 2.13. The zero-order chi connectivity index (χ0) is 12.5. The molecule has 1 heterocycles. The minimum absolute atomic E-state index is 0.0183. The number of rotatable bonds is 8. The number of hydrogen-bond acceptors (Lipinski definition) is 5. The Hall–Kier alpha value is -1.47. The number of aromatic nitrogens is 3. The first-order valence-corrected chi connectivity index (χ1v) is 5.41. The van der Waals surface area contributed by atoms with Gasteiger partial charge < -0.3 is 14.8 Å². The van der Waals surface area contributed by atoms with E-state index in [1.807, 2.05) is 6.92 Å². The first kappa shape index (κ1) is 13.6. The van der Waals surface area contributed by atoms with E-state index in [0.29, 0.717) is 19.8 Å². The second-order valence-electron chi connectivity index (χ2n) is 3.63. The van der Waals surface area contributed by atoms with E-state index in [2.05, 4.69) is 15.4 Å². The highest BCUT2D eigenvalue weighted by atomic mass is 16.5. The number of nitrogens with zero attached hydrogens (tertiary/aromatic N) is 3. The van der Waals surface area contributed by atoms with Crippen molar-refractivity contribution in [2.24, 2.45) is 0 Å². The summed E-state index contributed by atoms with van der Waals surface area (Å²) in [4.78, 5) is 15.2. The van der Waals surface area contributed by atoms with Crippen LogP contribution in [0.4, 0.5) is 0 Å². The van der Waals surface area contributed by atoms with Gasteiger partial charge in [-0.25, -0.2) is 4.98 Å². The fraction of sp³-hybridized carbons (Fsp3) is 0.700. The Kier molecular flexibility index (Phi) is 6.19. The van der Waals surface area contributed by atoms with Crippen molar-refractivity contribution in [2.75, 3.05) is 26.9 Å². The molecule has 0 aliphatic rings. The van der Waals surface area contributed by atoms with Crippen LogP contribution in [0.25, 0.3) is 0 Å². The van der Waals surface area contributed by atoms with Gasteiger partial charge in [0.2, 0.25) is 5.91 Å². The molecule has 1 aromatic heterocycles. The maximum Gasteiger partial charge on any atom is 0.246 e. The van der Waals surface area contributed by atoms with Crippen molar-refractivity contribution in [3.63, 3.8) is 0 Å². The van der Waals surface area contributed by atoms with Crippen molar-refractivity contribution >= 4 is 5.91 Å². The van der Waals surface area contributed by atoms with Gasteiger partial charge in [0.05, 0.1) is 19.8 Å². The van der Waals surface area contributed by atoms with Crippen LogP contribution < -0.4 is 5.32 Å². The molecule has 0 aromatic carbocycles. The van der Waals surface area contributed by atoms with E-state index in [4.69, 9.17) is 9.47 Å². The third-order valence-corrected chi connectivity index (χ3v) is 2.00. The normalized spacial score (nSPS) is 12.4. The predicted octanol–water partition coefficient (Wildman–Crippen LogP) is -0.554. The van der Waals surface area contributed by atoms with Gasteiger partial charge >= 0.3 is 0 Å². The third kappa shape index (κ3) is 5.98. The summed E-state index contributed by atoms with van der Waals surface area (Å²) in [5.41, 5.74) is 0. The second-order valence-corrected chi connectivity index (χ2v) is 3.63. The molecule has 17 heavy (non-hydrogen) atoms. The van der Waals surface area contributed by atoms with Crippen LogP contribution in [-0.2, 0) is 20.8 Å². The number of methoxy groups -OCH3 is 1. The molecule has 0 saturated carbocycles. The van der Waals surface area contributed by atoms with Gasteiger partial charge in [-0.15, -0.1) is 0 Å². The molecule has 1 N–H and O–H groups in total. The van der Waals surface area contributed by atoms with Crippen molar-refractivity contribution in [1.82, 2.24) is 20.1 Å². The molecule has 1 atom stereocenters. The Bertz CT molecular complexity index is 315. The number of ether oxygens (including phenoxy) is 2. The summed E-state index contributed by atoms with van der Waals surface area (Å²) in [6.45, 7) is 3.44. The Morgan fingerprint density at radius 3 is 3.00 bits per heavy atom. The van der Waals surface area contributed by atoms with Crippen LogP contribution in [-0.4, -0.2) is 53.6 Å². The number of hydrogen-bond donors (Lipinski definition) is 1. The van der Waals surface area contributed by atoms with Crippen LogP contribution in [0.3, 0.4) is 0 Å². The van der Waals surface area contributed by atoms with Crippen molar-refractivity contribution in [1.29, 1.82) is 0 Å².